The summed E-state index contributed by atoms with van der Waals surface area (Å²) in [6.07, 6.45) is -4.62. The Morgan fingerprint density at radius 2 is 1.29 bits per heavy atom. The Bertz CT molecular complexity index is 809. The van der Waals surface area contributed by atoms with Crippen molar-refractivity contribution < 1.29 is 37.8 Å². The van der Waals surface area contributed by atoms with Gasteiger partial charge in [0.1, 0.15) is 0 Å². The number of halogens is 3. The number of rotatable bonds is 7. The zero-order chi connectivity index (χ0) is 25.1. The summed E-state index contributed by atoms with van der Waals surface area (Å²) in [5, 5.41) is 23.8. The number of carbonyl (C=O) groups is 3. The molecule has 0 radical (unpaired) electrons. The van der Waals surface area contributed by atoms with Crippen LogP contribution in [-0.2, 0) is 20.6 Å². The van der Waals surface area contributed by atoms with E-state index >= 15 is 0 Å². The van der Waals surface area contributed by atoms with Gasteiger partial charge < -0.3 is 20.8 Å². The van der Waals surface area contributed by atoms with Gasteiger partial charge in [-0.15, -0.1) is 0 Å². The maximum atomic E-state index is 13.2. The van der Waals surface area contributed by atoms with E-state index in [4.69, 9.17) is 10.2 Å². The van der Waals surface area contributed by atoms with Gasteiger partial charge in [0.05, 0.1) is 30.9 Å². The van der Waals surface area contributed by atoms with E-state index in [9.17, 15) is 27.6 Å². The number of amides is 1. The Balaban J connectivity index is 2.10. The van der Waals surface area contributed by atoms with Gasteiger partial charge in [-0.05, 0) is 12.1 Å². The molecule has 0 atom stereocenters. The van der Waals surface area contributed by atoms with Gasteiger partial charge in [0.15, 0.2) is 0 Å². The van der Waals surface area contributed by atoms with E-state index in [1.165, 1.54) is 18.2 Å². The van der Waals surface area contributed by atoms with Crippen LogP contribution in [-0.4, -0.2) is 115 Å². The molecular formula is C21H30F3N5O5. The van der Waals surface area contributed by atoms with Gasteiger partial charge in [0.2, 0.25) is 5.91 Å². The first-order valence-electron chi connectivity index (χ1n) is 10.8. The molecule has 13 heteroatoms. The van der Waals surface area contributed by atoms with Crippen LogP contribution in [0.25, 0.3) is 0 Å². The van der Waals surface area contributed by atoms with Gasteiger partial charge in [-0.3, -0.25) is 29.1 Å². The van der Waals surface area contributed by atoms with Crippen LogP contribution < -0.4 is 10.6 Å². The molecule has 0 bridgehead atoms. The molecule has 2 rings (SSSR count). The summed E-state index contributed by atoms with van der Waals surface area (Å²) >= 11 is 0. The predicted octanol–water partition coefficient (Wildman–Crippen LogP) is 0.322. The Morgan fingerprint density at radius 3 is 1.76 bits per heavy atom. The number of carboxylic acid groups (broad SMARTS) is 2. The minimum atomic E-state index is -4.62. The van der Waals surface area contributed by atoms with E-state index in [0.717, 1.165) is 6.07 Å². The number of benzene rings is 1. The van der Waals surface area contributed by atoms with Crippen LogP contribution in [0, 0.1) is 0 Å². The molecule has 1 aromatic carbocycles. The molecule has 1 saturated heterocycles. The Morgan fingerprint density at radius 1 is 0.824 bits per heavy atom. The van der Waals surface area contributed by atoms with Crippen LogP contribution >= 0.6 is 0 Å². The maximum absolute atomic E-state index is 13.2. The van der Waals surface area contributed by atoms with Crippen molar-refractivity contribution in [1.29, 1.82) is 0 Å². The highest BCUT2D eigenvalue weighted by Gasteiger charge is 2.33. The molecule has 1 heterocycles. The average molecular weight is 489 g/mol. The van der Waals surface area contributed by atoms with E-state index in [0.29, 0.717) is 39.3 Å². The lowest BCUT2D eigenvalue weighted by Crippen LogP contribution is -2.48. The SMILES string of the molecule is O=C(O)CN1CCNCCN(CC(=O)O)CCN(CC(=O)Nc2ccccc2C(F)(F)F)CC1. The summed E-state index contributed by atoms with van der Waals surface area (Å²) < 4.78 is 39.7. The monoisotopic (exact) mass is 489 g/mol. The zero-order valence-electron chi connectivity index (χ0n) is 18.7. The molecule has 0 spiro atoms. The van der Waals surface area contributed by atoms with E-state index in [1.807, 2.05) is 0 Å². The molecule has 1 aliphatic rings. The molecule has 1 amide bonds. The number of carbonyl (C=O) groups excluding carboxylic acids is 1. The van der Waals surface area contributed by atoms with Gasteiger partial charge in [0.25, 0.3) is 0 Å². The number of anilines is 1. The van der Waals surface area contributed by atoms with Gasteiger partial charge in [-0.2, -0.15) is 13.2 Å². The smallest absolute Gasteiger partial charge is 0.418 e. The van der Waals surface area contributed by atoms with Crippen molar-refractivity contribution in [2.75, 3.05) is 77.3 Å². The summed E-state index contributed by atoms with van der Waals surface area (Å²) in [6.45, 7) is 2.47. The molecular weight excluding hydrogens is 459 g/mol. The number of aliphatic carboxylic acids is 2. The third-order valence-electron chi connectivity index (χ3n) is 5.27. The van der Waals surface area contributed by atoms with Crippen molar-refractivity contribution in [3.05, 3.63) is 29.8 Å². The summed E-state index contributed by atoms with van der Waals surface area (Å²) in [5.41, 5.74) is -1.30. The Kier molecular flexibility index (Phi) is 10.7. The van der Waals surface area contributed by atoms with Gasteiger partial charge in [-0.1, -0.05) is 12.1 Å². The minimum Gasteiger partial charge on any atom is -0.480 e. The lowest BCUT2D eigenvalue weighted by atomic mass is 10.1. The van der Waals surface area contributed by atoms with Gasteiger partial charge >= 0.3 is 18.1 Å². The summed E-state index contributed by atoms with van der Waals surface area (Å²) in [6, 6.07) is 4.68. The second-order valence-electron chi connectivity index (χ2n) is 7.96. The molecule has 34 heavy (non-hydrogen) atoms. The van der Waals surface area contributed by atoms with Crippen LogP contribution in [0.5, 0.6) is 0 Å². The summed E-state index contributed by atoms with van der Waals surface area (Å²) in [4.78, 5) is 40.0. The van der Waals surface area contributed by atoms with Crippen molar-refractivity contribution in [3.63, 3.8) is 0 Å². The number of carboxylic acids is 2. The van der Waals surface area contributed by atoms with E-state index in [1.54, 1.807) is 14.7 Å². The van der Waals surface area contributed by atoms with Crippen LogP contribution in [0.1, 0.15) is 5.56 Å². The Labute approximate surface area is 195 Å². The minimum absolute atomic E-state index is 0.189. The van der Waals surface area contributed by atoms with Crippen LogP contribution in [0.4, 0.5) is 18.9 Å². The van der Waals surface area contributed by atoms with Gasteiger partial charge in [0, 0.05) is 52.4 Å². The third kappa shape index (κ3) is 10.0. The summed E-state index contributed by atoms with van der Waals surface area (Å²) in [7, 11) is 0. The van der Waals surface area contributed by atoms with Crippen molar-refractivity contribution in [3.8, 4) is 0 Å². The lowest BCUT2D eigenvalue weighted by Gasteiger charge is -2.30. The molecule has 1 fully saturated rings. The van der Waals surface area contributed by atoms with Crippen molar-refractivity contribution in [2.45, 2.75) is 6.18 Å². The van der Waals surface area contributed by atoms with E-state index < -0.39 is 29.6 Å². The first kappa shape index (κ1) is 27.5. The third-order valence-corrected chi connectivity index (χ3v) is 5.27. The highest BCUT2D eigenvalue weighted by Crippen LogP contribution is 2.34. The number of nitrogens with zero attached hydrogens (tertiary/aromatic N) is 3. The quantitative estimate of drug-likeness (QED) is 0.429. The average Bonchev–Trinajstić information content (AvgIpc) is 2.72. The molecule has 1 aromatic rings. The largest absolute Gasteiger partial charge is 0.480 e. The first-order valence-corrected chi connectivity index (χ1v) is 10.8. The van der Waals surface area contributed by atoms with Crippen LogP contribution in [0.15, 0.2) is 24.3 Å². The highest BCUT2D eigenvalue weighted by atomic mass is 19.4. The number of alkyl halides is 3. The number of hydrogen-bond acceptors (Lipinski definition) is 7. The standard InChI is InChI=1S/C21H30F3N5O5/c22-21(23,24)16-3-1-2-4-17(16)26-18(30)13-29-11-9-27(14-19(31)32)7-5-25-6-8-28(10-12-29)15-20(33)34/h1-4,25H,5-15H2,(H,26,30)(H,31,32)(H,33,34). The van der Waals surface area contributed by atoms with E-state index in [-0.39, 0.29) is 38.4 Å². The number of hydrogen-bond donors (Lipinski definition) is 4. The lowest BCUT2D eigenvalue weighted by molar-refractivity contribution is -0.139. The maximum Gasteiger partial charge on any atom is 0.418 e. The number of nitrogens with one attached hydrogen (secondary N) is 2. The van der Waals surface area contributed by atoms with Crippen molar-refractivity contribution in [2.24, 2.45) is 0 Å². The molecule has 1 aliphatic heterocycles. The first-order chi connectivity index (χ1) is 16.0. The summed E-state index contributed by atoms with van der Waals surface area (Å²) in [5.74, 6) is -2.64. The molecule has 0 aliphatic carbocycles. The fourth-order valence-electron chi connectivity index (χ4n) is 3.59. The molecule has 10 nitrogen and oxygen atoms in total. The van der Waals surface area contributed by atoms with Crippen LogP contribution in [0.2, 0.25) is 0 Å². The molecule has 190 valence electrons. The normalized spacial score (nSPS) is 18.0. The highest BCUT2D eigenvalue weighted by molar-refractivity contribution is 5.93. The molecule has 0 saturated carbocycles. The molecule has 0 aromatic heterocycles. The topological polar surface area (TPSA) is 125 Å². The second-order valence-corrected chi connectivity index (χ2v) is 7.96. The molecule has 4 N–H and O–H groups in total. The Hall–Kier alpha value is -2.74. The van der Waals surface area contributed by atoms with Crippen LogP contribution in [0.3, 0.4) is 0 Å². The van der Waals surface area contributed by atoms with Crippen molar-refractivity contribution >= 4 is 23.5 Å². The number of para-hydroxylation sites is 1. The predicted molar refractivity (Wildman–Crippen MR) is 118 cm³/mol. The zero-order valence-corrected chi connectivity index (χ0v) is 18.7. The van der Waals surface area contributed by atoms with Crippen molar-refractivity contribution in [1.82, 2.24) is 20.0 Å². The van der Waals surface area contributed by atoms with E-state index in [2.05, 4.69) is 10.6 Å². The molecule has 0 unspecified atom stereocenters. The fourth-order valence-corrected chi connectivity index (χ4v) is 3.59. The fraction of sp³-hybridized carbons (Fsp3) is 0.571. The van der Waals surface area contributed by atoms with Gasteiger partial charge in [-0.25, -0.2) is 0 Å². The second kappa shape index (κ2) is 13.2.